The first-order valence-corrected chi connectivity index (χ1v) is 9.11. The molecule has 0 fully saturated rings. The van der Waals surface area contributed by atoms with Gasteiger partial charge in [-0.25, -0.2) is 0 Å². The molecule has 0 spiro atoms. The van der Waals surface area contributed by atoms with E-state index in [1.165, 1.54) is 11.8 Å². The van der Waals surface area contributed by atoms with Gasteiger partial charge < -0.3 is 11.5 Å². The van der Waals surface area contributed by atoms with Gasteiger partial charge in [-0.05, 0) is 17.7 Å². The van der Waals surface area contributed by atoms with Crippen LogP contribution < -0.4 is 11.5 Å². The number of nitrogens with two attached hydrogens (primary N) is 2. The van der Waals surface area contributed by atoms with Crippen molar-refractivity contribution in [3.05, 3.63) is 77.0 Å². The number of hydrogen-bond donors (Lipinski definition) is 3. The van der Waals surface area contributed by atoms with Crippen LogP contribution in [0, 0.1) is 11.3 Å². The van der Waals surface area contributed by atoms with E-state index >= 15 is 0 Å². The SMILES string of the molecule is N#CC(N)=C(N)Sc1ccccc1.O=S(=O)(O)Cc1ccccc1. The molecular weight excluding hydrogens is 346 g/mol. The van der Waals surface area contributed by atoms with Crippen LogP contribution in [0.15, 0.2) is 76.3 Å². The summed E-state index contributed by atoms with van der Waals surface area (Å²) in [7, 11) is -3.88. The van der Waals surface area contributed by atoms with Gasteiger partial charge in [0.05, 0.1) is 0 Å². The minimum atomic E-state index is -3.88. The van der Waals surface area contributed by atoms with Crippen LogP contribution in [0.2, 0.25) is 0 Å². The van der Waals surface area contributed by atoms with Gasteiger partial charge in [0.1, 0.15) is 22.5 Å². The lowest BCUT2D eigenvalue weighted by Crippen LogP contribution is -2.04. The summed E-state index contributed by atoms with van der Waals surface area (Å²) in [5.74, 6) is -0.312. The minimum Gasteiger partial charge on any atom is -0.391 e. The number of nitriles is 1. The van der Waals surface area contributed by atoms with Crippen molar-refractivity contribution in [2.24, 2.45) is 11.5 Å². The van der Waals surface area contributed by atoms with Crippen molar-refractivity contribution >= 4 is 21.9 Å². The highest BCUT2D eigenvalue weighted by Crippen LogP contribution is 2.23. The Hall–Kier alpha value is -2.47. The molecule has 0 bridgehead atoms. The topological polar surface area (TPSA) is 130 Å². The number of rotatable bonds is 4. The highest BCUT2D eigenvalue weighted by molar-refractivity contribution is 8.03. The maximum atomic E-state index is 10.4. The highest BCUT2D eigenvalue weighted by Gasteiger charge is 2.04. The van der Waals surface area contributed by atoms with E-state index in [2.05, 4.69) is 0 Å². The molecule has 0 aliphatic carbocycles. The molecule has 0 aliphatic heterocycles. The van der Waals surface area contributed by atoms with Crippen molar-refractivity contribution in [3.8, 4) is 6.07 Å². The molecule has 0 saturated heterocycles. The molecule has 2 rings (SSSR count). The lowest BCUT2D eigenvalue weighted by atomic mass is 10.2. The summed E-state index contributed by atoms with van der Waals surface area (Å²) in [5, 5.41) is 8.80. The first-order valence-electron chi connectivity index (χ1n) is 6.69. The number of allylic oxidation sites excluding steroid dienone is 1. The van der Waals surface area contributed by atoms with Gasteiger partial charge in [0.15, 0.2) is 0 Å². The Bertz CT molecular complexity index is 815. The molecule has 0 unspecified atom stereocenters. The van der Waals surface area contributed by atoms with Crippen molar-refractivity contribution in [3.63, 3.8) is 0 Å². The number of nitrogens with zero attached hydrogens (tertiary/aromatic N) is 1. The lowest BCUT2D eigenvalue weighted by molar-refractivity contribution is 0.482. The molecule has 0 saturated carbocycles. The second kappa shape index (κ2) is 9.62. The van der Waals surface area contributed by atoms with Crippen LogP contribution in [0.4, 0.5) is 0 Å². The third-order valence-corrected chi connectivity index (χ3v) is 4.19. The molecule has 2 aromatic rings. The fourth-order valence-corrected chi connectivity index (χ4v) is 2.83. The van der Waals surface area contributed by atoms with Crippen molar-refractivity contribution < 1.29 is 13.0 Å². The molecule has 8 heteroatoms. The molecule has 0 aromatic heterocycles. The van der Waals surface area contributed by atoms with E-state index in [1.54, 1.807) is 36.4 Å². The zero-order chi connectivity index (χ0) is 18.0. The highest BCUT2D eigenvalue weighted by atomic mass is 32.2. The third kappa shape index (κ3) is 8.24. The average molecular weight is 363 g/mol. The van der Waals surface area contributed by atoms with Gasteiger partial charge in [0.25, 0.3) is 10.1 Å². The maximum Gasteiger partial charge on any atom is 0.269 e. The fourth-order valence-electron chi connectivity index (χ4n) is 1.51. The third-order valence-electron chi connectivity index (χ3n) is 2.55. The van der Waals surface area contributed by atoms with Crippen LogP contribution in [0.1, 0.15) is 5.56 Å². The van der Waals surface area contributed by atoms with Crippen LogP contribution in [0.5, 0.6) is 0 Å². The fraction of sp³-hybridized carbons (Fsp3) is 0.0625. The van der Waals surface area contributed by atoms with Crippen LogP contribution >= 0.6 is 11.8 Å². The zero-order valence-corrected chi connectivity index (χ0v) is 14.3. The van der Waals surface area contributed by atoms with Gasteiger partial charge in [-0.3, -0.25) is 4.55 Å². The van der Waals surface area contributed by atoms with E-state index < -0.39 is 10.1 Å². The Labute approximate surface area is 145 Å². The van der Waals surface area contributed by atoms with Gasteiger partial charge in [0.2, 0.25) is 0 Å². The molecule has 5 N–H and O–H groups in total. The molecular formula is C16H17N3O3S2. The number of hydrogen-bond acceptors (Lipinski definition) is 6. The minimum absolute atomic E-state index is 0.0638. The molecule has 0 aliphatic rings. The molecule has 0 heterocycles. The van der Waals surface area contributed by atoms with E-state index in [4.69, 9.17) is 21.3 Å². The quantitative estimate of drug-likeness (QED) is 0.432. The van der Waals surface area contributed by atoms with Crippen molar-refractivity contribution in [1.82, 2.24) is 0 Å². The van der Waals surface area contributed by atoms with Crippen LogP contribution in [0.25, 0.3) is 0 Å². The van der Waals surface area contributed by atoms with E-state index in [0.717, 1.165) is 4.90 Å². The summed E-state index contributed by atoms with van der Waals surface area (Å²) in [6, 6.07) is 19.8. The second-order valence-electron chi connectivity index (χ2n) is 4.52. The van der Waals surface area contributed by atoms with Gasteiger partial charge in [-0.2, -0.15) is 13.7 Å². The first kappa shape index (κ1) is 19.6. The van der Waals surface area contributed by atoms with E-state index in [0.29, 0.717) is 10.6 Å². The van der Waals surface area contributed by atoms with E-state index in [1.807, 2.05) is 30.3 Å². The summed E-state index contributed by atoms with van der Waals surface area (Å²) in [6.07, 6.45) is 0. The van der Waals surface area contributed by atoms with Crippen LogP contribution in [-0.2, 0) is 15.9 Å². The summed E-state index contributed by atoms with van der Waals surface area (Å²) >= 11 is 1.29. The number of benzene rings is 2. The average Bonchev–Trinajstić information content (AvgIpc) is 2.55. The predicted molar refractivity (Wildman–Crippen MR) is 95.0 cm³/mol. The number of thioether (sulfide) groups is 1. The molecule has 0 amide bonds. The van der Waals surface area contributed by atoms with E-state index in [9.17, 15) is 8.42 Å². The lowest BCUT2D eigenvalue weighted by Gasteiger charge is -2.00. The monoisotopic (exact) mass is 363 g/mol. The van der Waals surface area contributed by atoms with Crippen molar-refractivity contribution in [1.29, 1.82) is 5.26 Å². The molecule has 0 atom stereocenters. The zero-order valence-electron chi connectivity index (χ0n) is 12.7. The summed E-state index contributed by atoms with van der Waals surface area (Å²) in [5.41, 5.74) is 11.5. The molecule has 126 valence electrons. The Balaban J connectivity index is 0.000000243. The maximum absolute atomic E-state index is 10.4. The van der Waals surface area contributed by atoms with Crippen LogP contribution in [-0.4, -0.2) is 13.0 Å². The standard InChI is InChI=1S/C9H9N3S.C7H8O3S/c10-6-8(11)9(12)13-7-4-2-1-3-5-7;8-11(9,10)6-7-4-2-1-3-5-7/h1-5H,11-12H2;1-5H,6H2,(H,8,9,10). The van der Waals surface area contributed by atoms with Crippen molar-refractivity contribution in [2.45, 2.75) is 10.6 Å². The molecule has 6 nitrogen and oxygen atoms in total. The molecule has 0 radical (unpaired) electrons. The van der Waals surface area contributed by atoms with Crippen LogP contribution in [0.3, 0.4) is 0 Å². The Kier molecular flexibility index (Phi) is 7.85. The summed E-state index contributed by atoms with van der Waals surface area (Å²) in [4.78, 5) is 0.971. The summed E-state index contributed by atoms with van der Waals surface area (Å²) < 4.78 is 29.2. The Morgan fingerprint density at radius 2 is 1.54 bits per heavy atom. The molecule has 2 aromatic carbocycles. The smallest absolute Gasteiger partial charge is 0.269 e. The predicted octanol–water partition coefficient (Wildman–Crippen LogP) is 2.46. The largest absolute Gasteiger partial charge is 0.391 e. The van der Waals surface area contributed by atoms with Gasteiger partial charge in [-0.1, -0.05) is 60.3 Å². The molecule has 24 heavy (non-hydrogen) atoms. The van der Waals surface area contributed by atoms with Gasteiger partial charge >= 0.3 is 0 Å². The first-order chi connectivity index (χ1) is 11.3. The van der Waals surface area contributed by atoms with Gasteiger partial charge in [-0.15, -0.1) is 0 Å². The normalized spacial score (nSPS) is 11.5. The van der Waals surface area contributed by atoms with Gasteiger partial charge in [0, 0.05) is 4.90 Å². The Morgan fingerprint density at radius 1 is 1.04 bits per heavy atom. The second-order valence-corrected chi connectivity index (χ2v) is 7.08. The van der Waals surface area contributed by atoms with Crippen molar-refractivity contribution in [2.75, 3.05) is 0 Å². The summed E-state index contributed by atoms with van der Waals surface area (Å²) in [6.45, 7) is 0. The Morgan fingerprint density at radius 3 is 2.00 bits per heavy atom. The van der Waals surface area contributed by atoms with E-state index in [-0.39, 0.29) is 11.4 Å².